The second-order valence-corrected chi connectivity index (χ2v) is 6.20. The van der Waals surface area contributed by atoms with Gasteiger partial charge in [0.05, 0.1) is 7.11 Å². The van der Waals surface area contributed by atoms with E-state index in [1.54, 1.807) is 20.4 Å². The Kier molecular flexibility index (Phi) is 8.95. The molecule has 2 N–H and O–H groups in total. The van der Waals surface area contributed by atoms with Gasteiger partial charge in [-0.3, -0.25) is 9.79 Å². The number of ether oxygens (including phenoxy) is 1. The number of aromatic nitrogens is 1. The molecule has 8 heteroatoms. The van der Waals surface area contributed by atoms with Gasteiger partial charge in [-0.1, -0.05) is 19.9 Å². The van der Waals surface area contributed by atoms with Crippen LogP contribution in [-0.4, -0.2) is 55.0 Å². The molecule has 1 unspecified atom stereocenters. The van der Waals surface area contributed by atoms with Crippen LogP contribution in [0.1, 0.15) is 25.8 Å². The normalized spacial score (nSPS) is 17.2. The zero-order valence-corrected chi connectivity index (χ0v) is 17.6. The molecule has 140 valence electrons. The van der Waals surface area contributed by atoms with Gasteiger partial charge < -0.3 is 20.3 Å². The lowest BCUT2D eigenvalue weighted by molar-refractivity contribution is -0.133. The number of hydrogen-bond donors (Lipinski definition) is 2. The summed E-state index contributed by atoms with van der Waals surface area (Å²) in [5, 5.41) is 6.65. The number of rotatable bonds is 5. The average Bonchev–Trinajstić information content (AvgIpc) is 3.06. The Hall–Kier alpha value is -1.58. The van der Waals surface area contributed by atoms with Crippen molar-refractivity contribution in [1.82, 2.24) is 20.5 Å². The molecule has 1 saturated heterocycles. The highest BCUT2D eigenvalue weighted by Gasteiger charge is 2.27. The summed E-state index contributed by atoms with van der Waals surface area (Å²) >= 11 is 0. The largest absolute Gasteiger partial charge is 0.481 e. The molecule has 0 aliphatic carbocycles. The summed E-state index contributed by atoms with van der Waals surface area (Å²) < 4.78 is 5.05. The lowest BCUT2D eigenvalue weighted by Crippen LogP contribution is -2.45. The maximum atomic E-state index is 12.0. The monoisotopic (exact) mass is 461 g/mol. The van der Waals surface area contributed by atoms with Crippen molar-refractivity contribution >= 4 is 35.8 Å². The fourth-order valence-corrected chi connectivity index (χ4v) is 2.65. The number of nitrogens with zero attached hydrogens (tertiary/aromatic N) is 3. The van der Waals surface area contributed by atoms with Gasteiger partial charge in [-0.2, -0.15) is 0 Å². The third kappa shape index (κ3) is 6.33. The molecular formula is C17H28IN5O2. The Bertz CT molecular complexity index is 577. The van der Waals surface area contributed by atoms with Gasteiger partial charge >= 0.3 is 0 Å². The number of halogens is 1. The minimum atomic E-state index is 0. The van der Waals surface area contributed by atoms with Crippen molar-refractivity contribution in [3.05, 3.63) is 23.9 Å². The van der Waals surface area contributed by atoms with Crippen molar-refractivity contribution in [2.75, 3.05) is 27.2 Å². The number of carbonyl (C=O) groups is 1. The van der Waals surface area contributed by atoms with Gasteiger partial charge in [0.2, 0.25) is 11.8 Å². The highest BCUT2D eigenvalue weighted by Crippen LogP contribution is 2.12. The van der Waals surface area contributed by atoms with E-state index in [2.05, 4.69) is 20.6 Å². The van der Waals surface area contributed by atoms with Crippen molar-refractivity contribution in [3.63, 3.8) is 0 Å². The van der Waals surface area contributed by atoms with Crippen LogP contribution in [0.3, 0.4) is 0 Å². The Morgan fingerprint density at radius 3 is 2.80 bits per heavy atom. The van der Waals surface area contributed by atoms with Crippen LogP contribution in [0.15, 0.2) is 23.3 Å². The summed E-state index contributed by atoms with van der Waals surface area (Å²) in [7, 11) is 3.34. The van der Waals surface area contributed by atoms with Gasteiger partial charge in [-0.05, 0) is 12.0 Å². The maximum Gasteiger partial charge on any atom is 0.225 e. The van der Waals surface area contributed by atoms with Gasteiger partial charge in [0.15, 0.2) is 5.96 Å². The predicted octanol–water partition coefficient (Wildman–Crippen LogP) is 1.63. The van der Waals surface area contributed by atoms with E-state index in [1.807, 2.05) is 30.9 Å². The van der Waals surface area contributed by atoms with Crippen LogP contribution in [0.5, 0.6) is 5.88 Å². The molecule has 0 bridgehead atoms. The lowest BCUT2D eigenvalue weighted by atomic mass is 10.2. The molecule has 1 aliphatic rings. The number of guanidine groups is 1. The van der Waals surface area contributed by atoms with Crippen molar-refractivity contribution in [2.24, 2.45) is 10.9 Å². The Morgan fingerprint density at radius 2 is 2.24 bits per heavy atom. The summed E-state index contributed by atoms with van der Waals surface area (Å²) in [5.41, 5.74) is 1.04. The Labute approximate surface area is 166 Å². The second-order valence-electron chi connectivity index (χ2n) is 6.20. The van der Waals surface area contributed by atoms with Crippen LogP contribution >= 0.6 is 24.0 Å². The summed E-state index contributed by atoms with van der Waals surface area (Å²) in [6.45, 7) is 6.02. The number of amides is 1. The van der Waals surface area contributed by atoms with Crippen LogP contribution in [0, 0.1) is 5.92 Å². The molecule has 25 heavy (non-hydrogen) atoms. The average molecular weight is 461 g/mol. The van der Waals surface area contributed by atoms with E-state index in [4.69, 9.17) is 4.74 Å². The van der Waals surface area contributed by atoms with Crippen LogP contribution in [0.2, 0.25) is 0 Å². The van der Waals surface area contributed by atoms with E-state index < -0.39 is 0 Å². The summed E-state index contributed by atoms with van der Waals surface area (Å²) in [4.78, 5) is 22.4. The first-order valence-corrected chi connectivity index (χ1v) is 8.28. The topological polar surface area (TPSA) is 78.9 Å². The van der Waals surface area contributed by atoms with Crippen molar-refractivity contribution in [3.8, 4) is 5.88 Å². The van der Waals surface area contributed by atoms with Crippen LogP contribution in [0.4, 0.5) is 0 Å². The van der Waals surface area contributed by atoms with Crippen molar-refractivity contribution in [1.29, 1.82) is 0 Å². The second kappa shape index (κ2) is 10.4. The first-order valence-electron chi connectivity index (χ1n) is 8.28. The van der Waals surface area contributed by atoms with Crippen LogP contribution in [0.25, 0.3) is 0 Å². The zero-order valence-electron chi connectivity index (χ0n) is 15.3. The fraction of sp³-hybridized carbons (Fsp3) is 0.588. The molecule has 1 amide bonds. The number of methoxy groups -OCH3 is 1. The van der Waals surface area contributed by atoms with Gasteiger partial charge in [-0.15, -0.1) is 24.0 Å². The summed E-state index contributed by atoms with van der Waals surface area (Å²) in [6.07, 6.45) is 2.71. The minimum Gasteiger partial charge on any atom is -0.481 e. The Balaban J connectivity index is 0.00000312. The number of nitrogens with one attached hydrogen (secondary N) is 2. The van der Waals surface area contributed by atoms with Gasteiger partial charge in [0.25, 0.3) is 0 Å². The van der Waals surface area contributed by atoms with E-state index in [9.17, 15) is 4.79 Å². The lowest BCUT2D eigenvalue weighted by Gasteiger charge is -2.20. The quantitative estimate of drug-likeness (QED) is 0.396. The molecule has 7 nitrogen and oxygen atoms in total. The predicted molar refractivity (Wildman–Crippen MR) is 109 cm³/mol. The van der Waals surface area contributed by atoms with Crippen LogP contribution < -0.4 is 15.4 Å². The van der Waals surface area contributed by atoms with E-state index >= 15 is 0 Å². The van der Waals surface area contributed by atoms with E-state index in [-0.39, 0.29) is 41.8 Å². The molecular weight excluding hydrogens is 433 g/mol. The van der Waals surface area contributed by atoms with Gasteiger partial charge in [0.1, 0.15) is 0 Å². The van der Waals surface area contributed by atoms with E-state index in [0.717, 1.165) is 31.0 Å². The van der Waals surface area contributed by atoms with E-state index in [1.165, 1.54) is 0 Å². The maximum absolute atomic E-state index is 12.0. The zero-order chi connectivity index (χ0) is 17.5. The fourth-order valence-electron chi connectivity index (χ4n) is 2.65. The Morgan fingerprint density at radius 1 is 1.48 bits per heavy atom. The standard InChI is InChI=1S/C17H27N5O2.HI/c1-12(2)16(23)22-8-7-14(11-22)21-17(18-3)20-10-13-5-6-15(24-4)19-9-13;/h5-6,9,12,14H,7-8,10-11H2,1-4H3,(H2,18,20,21);1H. The number of hydrogen-bond acceptors (Lipinski definition) is 4. The first kappa shape index (κ1) is 21.5. The van der Waals surface area contributed by atoms with Crippen molar-refractivity contribution < 1.29 is 9.53 Å². The third-order valence-electron chi connectivity index (χ3n) is 4.02. The molecule has 2 rings (SSSR count). The van der Waals surface area contributed by atoms with E-state index in [0.29, 0.717) is 12.4 Å². The number of pyridine rings is 1. The van der Waals surface area contributed by atoms with Gasteiger partial charge in [0, 0.05) is 50.9 Å². The molecule has 0 spiro atoms. The molecule has 1 atom stereocenters. The third-order valence-corrected chi connectivity index (χ3v) is 4.02. The molecule has 1 aromatic heterocycles. The molecule has 2 heterocycles. The van der Waals surface area contributed by atoms with Crippen molar-refractivity contribution in [2.45, 2.75) is 32.9 Å². The molecule has 1 aliphatic heterocycles. The number of carbonyl (C=O) groups excluding carboxylic acids is 1. The summed E-state index contributed by atoms with van der Waals surface area (Å²) in [5.74, 6) is 1.59. The molecule has 0 aromatic carbocycles. The molecule has 1 fully saturated rings. The minimum absolute atomic E-state index is 0. The number of aliphatic imine (C=N–C) groups is 1. The van der Waals surface area contributed by atoms with Crippen LogP contribution in [-0.2, 0) is 11.3 Å². The SMILES string of the molecule is CN=C(NCc1ccc(OC)nc1)NC1CCN(C(=O)C(C)C)C1.I. The first-order chi connectivity index (χ1) is 11.5. The molecule has 0 radical (unpaired) electrons. The number of likely N-dealkylation sites (tertiary alicyclic amines) is 1. The smallest absolute Gasteiger partial charge is 0.225 e. The highest BCUT2D eigenvalue weighted by atomic mass is 127. The molecule has 1 aromatic rings. The molecule has 0 saturated carbocycles. The highest BCUT2D eigenvalue weighted by molar-refractivity contribution is 14.0. The summed E-state index contributed by atoms with van der Waals surface area (Å²) in [6, 6.07) is 4.03. The van der Waals surface area contributed by atoms with Gasteiger partial charge in [-0.25, -0.2) is 4.98 Å².